The minimum atomic E-state index is -1.25. The molecule has 28 heavy (non-hydrogen) atoms. The summed E-state index contributed by atoms with van der Waals surface area (Å²) in [7, 11) is 0. The lowest BCUT2D eigenvalue weighted by atomic mass is 10.1. The Kier molecular flexibility index (Phi) is 5.30. The first-order valence-electron chi connectivity index (χ1n) is 8.38. The van der Waals surface area contributed by atoms with Gasteiger partial charge in [0.05, 0.1) is 6.42 Å². The molecule has 0 aliphatic carbocycles. The number of halogens is 2. The number of rotatable bonds is 5. The largest absolute Gasteiger partial charge is 0.452 e. The molecule has 1 N–H and O–H groups in total. The van der Waals surface area contributed by atoms with Crippen molar-refractivity contribution in [1.82, 2.24) is 19.6 Å². The molecular weight excluding hydrogens is 372 g/mol. The van der Waals surface area contributed by atoms with Gasteiger partial charge in [-0.25, -0.2) is 18.3 Å². The van der Waals surface area contributed by atoms with Crippen LogP contribution in [-0.4, -0.2) is 37.6 Å². The molecule has 0 bridgehead atoms. The number of carbonyl (C=O) groups is 2. The van der Waals surface area contributed by atoms with Crippen molar-refractivity contribution >= 4 is 23.3 Å². The summed E-state index contributed by atoms with van der Waals surface area (Å²) in [6, 6.07) is 3.19. The Hall–Kier alpha value is -3.43. The van der Waals surface area contributed by atoms with Gasteiger partial charge in [-0.05, 0) is 32.9 Å². The minimum Gasteiger partial charge on any atom is -0.452 e. The fourth-order valence-corrected chi connectivity index (χ4v) is 2.69. The van der Waals surface area contributed by atoms with Crippen LogP contribution in [0.1, 0.15) is 23.9 Å². The van der Waals surface area contributed by atoms with E-state index in [1.807, 2.05) is 0 Å². The molecule has 0 radical (unpaired) electrons. The summed E-state index contributed by atoms with van der Waals surface area (Å²) >= 11 is 0. The smallest absolute Gasteiger partial charge is 0.311 e. The first-order valence-corrected chi connectivity index (χ1v) is 8.38. The monoisotopic (exact) mass is 389 g/mol. The summed E-state index contributed by atoms with van der Waals surface area (Å²) < 4.78 is 33.9. The van der Waals surface area contributed by atoms with Crippen LogP contribution in [0.3, 0.4) is 0 Å². The number of carbonyl (C=O) groups excluding carboxylic acids is 2. The Balaban J connectivity index is 1.68. The van der Waals surface area contributed by atoms with E-state index in [0.717, 1.165) is 12.1 Å². The molecule has 0 fully saturated rings. The number of benzene rings is 1. The van der Waals surface area contributed by atoms with E-state index in [1.165, 1.54) is 23.8 Å². The molecule has 0 saturated heterocycles. The quantitative estimate of drug-likeness (QED) is 0.672. The third kappa shape index (κ3) is 3.80. The topological polar surface area (TPSA) is 98.5 Å². The first kappa shape index (κ1) is 19.3. The van der Waals surface area contributed by atoms with E-state index in [4.69, 9.17) is 4.74 Å². The van der Waals surface area contributed by atoms with Crippen molar-refractivity contribution < 1.29 is 23.1 Å². The van der Waals surface area contributed by atoms with Crippen LogP contribution in [0.2, 0.25) is 0 Å². The molecule has 10 heteroatoms. The highest BCUT2D eigenvalue weighted by Gasteiger charge is 2.22. The van der Waals surface area contributed by atoms with Gasteiger partial charge in [-0.3, -0.25) is 9.59 Å². The molecule has 0 unspecified atom stereocenters. The van der Waals surface area contributed by atoms with E-state index in [2.05, 4.69) is 20.4 Å². The zero-order valence-corrected chi connectivity index (χ0v) is 15.4. The van der Waals surface area contributed by atoms with Gasteiger partial charge in [0.1, 0.15) is 23.6 Å². The Morgan fingerprint density at radius 1 is 1.25 bits per heavy atom. The number of esters is 1. The number of aryl methyl sites for hydroxylation is 2. The van der Waals surface area contributed by atoms with Crippen molar-refractivity contribution in [2.24, 2.45) is 0 Å². The minimum absolute atomic E-state index is 0.147. The SMILES string of the molecule is Cc1nc2ncnn2c(C)c1CC(=O)O[C@@H](C)C(=O)Nc1c(F)cccc1F. The van der Waals surface area contributed by atoms with Crippen LogP contribution in [0.15, 0.2) is 24.5 Å². The van der Waals surface area contributed by atoms with E-state index < -0.39 is 35.3 Å². The molecule has 0 aliphatic rings. The highest BCUT2D eigenvalue weighted by Crippen LogP contribution is 2.19. The highest BCUT2D eigenvalue weighted by molar-refractivity contribution is 5.95. The lowest BCUT2D eigenvalue weighted by Gasteiger charge is -2.15. The zero-order valence-electron chi connectivity index (χ0n) is 15.4. The van der Waals surface area contributed by atoms with E-state index >= 15 is 0 Å². The van der Waals surface area contributed by atoms with Crippen molar-refractivity contribution in [2.45, 2.75) is 33.3 Å². The van der Waals surface area contributed by atoms with Gasteiger partial charge in [0.2, 0.25) is 0 Å². The first-order chi connectivity index (χ1) is 13.3. The molecule has 3 aromatic rings. The van der Waals surface area contributed by atoms with E-state index in [1.54, 1.807) is 13.8 Å². The van der Waals surface area contributed by atoms with Crippen LogP contribution in [0.5, 0.6) is 0 Å². The standard InChI is InChI=1S/C18H17F2N5O3/c1-9-12(10(2)25-18(23-9)21-8-22-25)7-15(26)28-11(3)17(27)24-16-13(19)5-4-6-14(16)20/h4-6,8,11H,7H2,1-3H3,(H,24,27)/t11-/m0/s1. The maximum absolute atomic E-state index is 13.6. The molecular formula is C18H17F2N5O3. The van der Waals surface area contributed by atoms with Gasteiger partial charge in [-0.1, -0.05) is 6.07 Å². The number of nitrogens with zero attached hydrogens (tertiary/aromatic N) is 4. The van der Waals surface area contributed by atoms with Crippen molar-refractivity contribution in [3.63, 3.8) is 0 Å². The zero-order chi connectivity index (χ0) is 20.4. The highest BCUT2D eigenvalue weighted by atomic mass is 19.1. The van der Waals surface area contributed by atoms with Gasteiger partial charge in [0, 0.05) is 17.0 Å². The maximum Gasteiger partial charge on any atom is 0.311 e. The molecule has 0 spiro atoms. The van der Waals surface area contributed by atoms with E-state index in [0.29, 0.717) is 22.7 Å². The second-order valence-electron chi connectivity index (χ2n) is 6.13. The molecule has 2 heterocycles. The predicted octanol–water partition coefficient (Wildman–Crippen LogP) is 2.13. The van der Waals surface area contributed by atoms with E-state index in [9.17, 15) is 18.4 Å². The number of para-hydroxylation sites is 1. The van der Waals surface area contributed by atoms with Gasteiger partial charge >= 0.3 is 5.97 Å². The Bertz CT molecular complexity index is 1050. The van der Waals surface area contributed by atoms with Crippen molar-refractivity contribution in [3.8, 4) is 0 Å². The number of aromatic nitrogens is 4. The number of hydrogen-bond donors (Lipinski definition) is 1. The van der Waals surface area contributed by atoms with E-state index in [-0.39, 0.29) is 6.42 Å². The average molecular weight is 389 g/mol. The van der Waals surface area contributed by atoms with Gasteiger partial charge in [0.25, 0.3) is 11.7 Å². The molecule has 2 aromatic heterocycles. The van der Waals surface area contributed by atoms with Crippen molar-refractivity contribution in [1.29, 1.82) is 0 Å². The summed E-state index contributed by atoms with van der Waals surface area (Å²) in [6.07, 6.45) is -0.0488. The Morgan fingerprint density at radius 3 is 2.61 bits per heavy atom. The van der Waals surface area contributed by atoms with Crippen LogP contribution in [0, 0.1) is 25.5 Å². The third-order valence-electron chi connectivity index (χ3n) is 4.20. The molecule has 0 aliphatic heterocycles. The van der Waals surface area contributed by atoms with Crippen LogP contribution in [0.25, 0.3) is 5.78 Å². The van der Waals surface area contributed by atoms with Crippen molar-refractivity contribution in [3.05, 3.63) is 53.1 Å². The van der Waals surface area contributed by atoms with Gasteiger partial charge in [-0.2, -0.15) is 10.1 Å². The number of anilines is 1. The number of hydrogen-bond acceptors (Lipinski definition) is 6. The van der Waals surface area contributed by atoms with Gasteiger partial charge in [0.15, 0.2) is 6.10 Å². The summed E-state index contributed by atoms with van der Waals surface area (Å²) in [5.41, 5.74) is 1.25. The summed E-state index contributed by atoms with van der Waals surface area (Å²) in [6.45, 7) is 4.79. The summed E-state index contributed by atoms with van der Waals surface area (Å²) in [4.78, 5) is 32.6. The molecule has 1 aromatic carbocycles. The predicted molar refractivity (Wildman–Crippen MR) is 94.5 cm³/mol. The molecule has 3 rings (SSSR count). The second-order valence-corrected chi connectivity index (χ2v) is 6.13. The summed E-state index contributed by atoms with van der Waals surface area (Å²) in [5, 5.41) is 6.13. The van der Waals surface area contributed by atoms with Crippen LogP contribution < -0.4 is 5.32 Å². The lowest BCUT2D eigenvalue weighted by Crippen LogP contribution is -2.31. The number of fused-ring (bicyclic) bond motifs is 1. The molecule has 0 saturated carbocycles. The third-order valence-corrected chi connectivity index (χ3v) is 4.20. The Labute approximate surface area is 158 Å². The maximum atomic E-state index is 13.6. The second kappa shape index (κ2) is 7.67. The molecule has 1 amide bonds. The normalized spacial score (nSPS) is 12.0. The van der Waals surface area contributed by atoms with Crippen LogP contribution in [0.4, 0.5) is 14.5 Å². The van der Waals surface area contributed by atoms with Crippen LogP contribution in [-0.2, 0) is 20.7 Å². The van der Waals surface area contributed by atoms with Crippen LogP contribution >= 0.6 is 0 Å². The fourth-order valence-electron chi connectivity index (χ4n) is 2.69. The van der Waals surface area contributed by atoms with Gasteiger partial charge < -0.3 is 10.1 Å². The average Bonchev–Trinajstić information content (AvgIpc) is 3.10. The number of nitrogens with one attached hydrogen (secondary N) is 1. The fraction of sp³-hybridized carbons (Fsp3) is 0.278. The lowest BCUT2D eigenvalue weighted by molar-refractivity contribution is -0.152. The molecule has 8 nitrogen and oxygen atoms in total. The number of ether oxygens (including phenoxy) is 1. The number of amides is 1. The molecule has 146 valence electrons. The van der Waals surface area contributed by atoms with Crippen molar-refractivity contribution in [2.75, 3.05) is 5.32 Å². The molecule has 1 atom stereocenters. The summed E-state index contributed by atoms with van der Waals surface area (Å²) in [5.74, 6) is -2.98. The van der Waals surface area contributed by atoms with Gasteiger partial charge in [-0.15, -0.1) is 0 Å². The Morgan fingerprint density at radius 2 is 1.93 bits per heavy atom.